The first kappa shape index (κ1) is 19.7. The van der Waals surface area contributed by atoms with Crippen LogP contribution >= 0.6 is 0 Å². The van der Waals surface area contributed by atoms with Gasteiger partial charge in [-0.3, -0.25) is 0 Å². The number of hydrogen-bond acceptors (Lipinski definition) is 2. The molecule has 1 aromatic rings. The van der Waals surface area contributed by atoms with Gasteiger partial charge < -0.3 is 10.2 Å². The van der Waals surface area contributed by atoms with Crippen LogP contribution in [0.5, 0.6) is 5.75 Å². The van der Waals surface area contributed by atoms with E-state index in [1.165, 1.54) is 32.1 Å². The molecule has 3 rings (SSSR count). The maximum atomic E-state index is 11.7. The number of fused-ring (bicyclic) bond motifs is 1. The maximum Gasteiger partial charge on any atom is 0.115 e. The van der Waals surface area contributed by atoms with E-state index in [9.17, 15) is 10.2 Å². The smallest absolute Gasteiger partial charge is 0.115 e. The molecule has 0 radical (unpaired) electrons. The molecule has 26 heavy (non-hydrogen) atoms. The van der Waals surface area contributed by atoms with E-state index in [4.69, 9.17) is 0 Å². The fraction of sp³-hybridized carbons (Fsp3) is 0.750. The Balaban J connectivity index is 1.80. The highest BCUT2D eigenvalue weighted by Crippen LogP contribution is 2.63. The largest absolute Gasteiger partial charge is 0.508 e. The number of rotatable bonds is 6. The molecule has 146 valence electrons. The van der Waals surface area contributed by atoms with Gasteiger partial charge >= 0.3 is 0 Å². The number of hydrogen-bond donors (Lipinski definition) is 2. The van der Waals surface area contributed by atoms with Crippen molar-refractivity contribution in [2.24, 2.45) is 29.1 Å². The minimum atomic E-state index is -0.780. The Hall–Kier alpha value is -1.02. The van der Waals surface area contributed by atoms with Crippen LogP contribution in [-0.2, 0) is 5.60 Å². The predicted molar refractivity (Wildman–Crippen MR) is 108 cm³/mol. The Morgan fingerprint density at radius 3 is 2.58 bits per heavy atom. The predicted octanol–water partition coefficient (Wildman–Crippen LogP) is 6.26. The Bertz CT molecular complexity index is 610. The molecule has 2 N–H and O–H groups in total. The van der Waals surface area contributed by atoms with Gasteiger partial charge in [0.1, 0.15) is 5.75 Å². The zero-order valence-electron chi connectivity index (χ0n) is 17.2. The lowest BCUT2D eigenvalue weighted by atomic mass is 9.56. The summed E-state index contributed by atoms with van der Waals surface area (Å²) in [7, 11) is 0. The van der Waals surface area contributed by atoms with Crippen LogP contribution in [0.3, 0.4) is 0 Å². The zero-order chi connectivity index (χ0) is 18.9. The first-order valence-corrected chi connectivity index (χ1v) is 10.8. The standard InChI is InChI=1S/C24H38O2/c1-17(2)8-5-9-18(3)21-12-13-22-23(21,4)14-7-15-24(22,26)19-10-6-11-20(25)16-19/h6,10-11,16-18,21-22,25-26H,5,7-9,12-15H2,1-4H3/t18-,21-,22-,23-,24-/m1/s1. The lowest BCUT2D eigenvalue weighted by molar-refractivity contribution is -0.116. The average molecular weight is 359 g/mol. The van der Waals surface area contributed by atoms with E-state index in [-0.39, 0.29) is 11.2 Å². The Kier molecular flexibility index (Phi) is 5.72. The second-order valence-corrected chi connectivity index (χ2v) is 9.87. The Labute approximate surface area is 160 Å². The molecule has 0 aliphatic heterocycles. The number of aromatic hydroxyl groups is 1. The van der Waals surface area contributed by atoms with Crippen LogP contribution in [0.15, 0.2) is 24.3 Å². The highest BCUT2D eigenvalue weighted by atomic mass is 16.3. The van der Waals surface area contributed by atoms with E-state index in [1.807, 2.05) is 12.1 Å². The van der Waals surface area contributed by atoms with Crippen molar-refractivity contribution in [1.29, 1.82) is 0 Å². The number of benzene rings is 1. The second-order valence-electron chi connectivity index (χ2n) is 9.87. The molecule has 0 bridgehead atoms. The van der Waals surface area contributed by atoms with E-state index < -0.39 is 5.60 Å². The average Bonchev–Trinajstić information content (AvgIpc) is 2.93. The molecule has 0 aromatic heterocycles. The van der Waals surface area contributed by atoms with Gasteiger partial charge in [-0.1, -0.05) is 59.1 Å². The SMILES string of the molecule is CC(C)CCC[C@@H](C)[C@H]1CC[C@@H]2[C@]1(C)CCC[C@@]2(O)c1cccc(O)c1. The van der Waals surface area contributed by atoms with Crippen molar-refractivity contribution < 1.29 is 10.2 Å². The first-order valence-electron chi connectivity index (χ1n) is 10.8. The Morgan fingerprint density at radius 1 is 1.12 bits per heavy atom. The van der Waals surface area contributed by atoms with Crippen LogP contribution in [0.25, 0.3) is 0 Å². The second kappa shape index (κ2) is 7.54. The van der Waals surface area contributed by atoms with E-state index in [0.29, 0.717) is 11.8 Å². The van der Waals surface area contributed by atoms with Crippen molar-refractivity contribution in [3.05, 3.63) is 29.8 Å². The molecule has 2 aliphatic carbocycles. The van der Waals surface area contributed by atoms with Gasteiger partial charge in [-0.2, -0.15) is 0 Å². The van der Waals surface area contributed by atoms with Crippen LogP contribution in [0.2, 0.25) is 0 Å². The van der Waals surface area contributed by atoms with Crippen LogP contribution in [0, 0.1) is 29.1 Å². The molecule has 2 aliphatic rings. The summed E-state index contributed by atoms with van der Waals surface area (Å²) in [6.07, 6.45) is 9.46. The minimum Gasteiger partial charge on any atom is -0.508 e. The maximum absolute atomic E-state index is 11.7. The van der Waals surface area contributed by atoms with E-state index >= 15 is 0 Å². The lowest BCUT2D eigenvalue weighted by Gasteiger charge is -2.51. The van der Waals surface area contributed by atoms with Gasteiger partial charge in [0.05, 0.1) is 5.60 Å². The van der Waals surface area contributed by atoms with Gasteiger partial charge in [0.15, 0.2) is 0 Å². The molecule has 2 nitrogen and oxygen atoms in total. The molecule has 0 saturated heterocycles. The van der Waals surface area contributed by atoms with Crippen LogP contribution in [0.4, 0.5) is 0 Å². The van der Waals surface area contributed by atoms with Gasteiger partial charge in [-0.15, -0.1) is 0 Å². The third-order valence-electron chi connectivity index (χ3n) is 7.73. The summed E-state index contributed by atoms with van der Waals surface area (Å²) < 4.78 is 0. The van der Waals surface area contributed by atoms with Gasteiger partial charge in [-0.25, -0.2) is 0 Å². The van der Waals surface area contributed by atoms with Crippen LogP contribution in [-0.4, -0.2) is 10.2 Å². The van der Waals surface area contributed by atoms with E-state index in [1.54, 1.807) is 12.1 Å². The van der Waals surface area contributed by atoms with Crippen molar-refractivity contribution >= 4 is 0 Å². The minimum absolute atomic E-state index is 0.218. The van der Waals surface area contributed by atoms with Gasteiger partial charge in [0.2, 0.25) is 0 Å². The van der Waals surface area contributed by atoms with Crippen molar-refractivity contribution in [1.82, 2.24) is 0 Å². The summed E-state index contributed by atoms with van der Waals surface area (Å²) in [6, 6.07) is 7.36. The molecule has 2 saturated carbocycles. The summed E-state index contributed by atoms with van der Waals surface area (Å²) in [6.45, 7) is 9.52. The number of aliphatic hydroxyl groups is 1. The van der Waals surface area contributed by atoms with Gasteiger partial charge in [0.25, 0.3) is 0 Å². The van der Waals surface area contributed by atoms with Gasteiger partial charge in [-0.05, 0) is 78.9 Å². The molecule has 1 aromatic carbocycles. The quantitative estimate of drug-likeness (QED) is 0.630. The molecule has 0 heterocycles. The molecule has 0 unspecified atom stereocenters. The molecule has 2 fully saturated rings. The zero-order valence-corrected chi connectivity index (χ0v) is 17.2. The Morgan fingerprint density at radius 2 is 1.88 bits per heavy atom. The molecular formula is C24H38O2. The summed E-state index contributed by atoms with van der Waals surface area (Å²) in [5, 5.41) is 21.7. The van der Waals surface area contributed by atoms with E-state index in [2.05, 4.69) is 27.7 Å². The third-order valence-corrected chi connectivity index (χ3v) is 7.73. The third kappa shape index (κ3) is 3.54. The lowest BCUT2D eigenvalue weighted by Crippen LogP contribution is -2.48. The summed E-state index contributed by atoms with van der Waals surface area (Å²) >= 11 is 0. The number of phenolic OH excluding ortho intramolecular Hbond substituents is 1. The molecule has 2 heteroatoms. The number of phenols is 1. The highest BCUT2D eigenvalue weighted by molar-refractivity contribution is 5.33. The summed E-state index contributed by atoms with van der Waals surface area (Å²) in [5.74, 6) is 2.81. The van der Waals surface area contributed by atoms with Crippen LogP contribution in [0.1, 0.15) is 84.6 Å². The molecule has 0 amide bonds. The summed E-state index contributed by atoms with van der Waals surface area (Å²) in [4.78, 5) is 0. The molecule has 0 spiro atoms. The first-order chi connectivity index (χ1) is 12.3. The fourth-order valence-corrected chi connectivity index (χ4v) is 6.43. The monoisotopic (exact) mass is 358 g/mol. The van der Waals surface area contributed by atoms with Crippen LogP contribution < -0.4 is 0 Å². The topological polar surface area (TPSA) is 40.5 Å². The highest BCUT2D eigenvalue weighted by Gasteiger charge is 2.58. The van der Waals surface area contributed by atoms with Gasteiger partial charge in [0, 0.05) is 0 Å². The van der Waals surface area contributed by atoms with Crippen molar-refractivity contribution in [3.63, 3.8) is 0 Å². The molecule has 5 atom stereocenters. The van der Waals surface area contributed by atoms with Crippen molar-refractivity contribution in [2.75, 3.05) is 0 Å². The summed E-state index contributed by atoms with van der Waals surface area (Å²) in [5.41, 5.74) is 0.356. The van der Waals surface area contributed by atoms with E-state index in [0.717, 1.165) is 36.7 Å². The van der Waals surface area contributed by atoms with Crippen molar-refractivity contribution in [3.8, 4) is 5.75 Å². The molecular weight excluding hydrogens is 320 g/mol. The normalized spacial score (nSPS) is 35.5. The van der Waals surface area contributed by atoms with Crippen molar-refractivity contribution in [2.45, 2.75) is 84.7 Å². The fourth-order valence-electron chi connectivity index (χ4n) is 6.43.